The van der Waals surface area contributed by atoms with Gasteiger partial charge in [-0.25, -0.2) is 4.98 Å². The highest BCUT2D eigenvalue weighted by molar-refractivity contribution is 5.98. The van der Waals surface area contributed by atoms with E-state index in [4.69, 9.17) is 15.4 Å². The fourth-order valence-corrected chi connectivity index (χ4v) is 3.56. The van der Waals surface area contributed by atoms with Gasteiger partial charge in [-0.15, -0.1) is 5.11 Å². The summed E-state index contributed by atoms with van der Waals surface area (Å²) in [5.74, 6) is 6.60. The fourth-order valence-electron chi connectivity index (χ4n) is 3.56. The van der Waals surface area contributed by atoms with Crippen LogP contribution in [0.5, 0.6) is 5.88 Å². The Morgan fingerprint density at radius 3 is 2.46 bits per heavy atom. The molecule has 1 heterocycles. The zero-order valence-corrected chi connectivity index (χ0v) is 19.5. The van der Waals surface area contributed by atoms with Gasteiger partial charge >= 0.3 is 6.18 Å². The van der Waals surface area contributed by atoms with Crippen molar-refractivity contribution in [2.24, 2.45) is 32.2 Å². The summed E-state index contributed by atoms with van der Waals surface area (Å²) in [5, 5.41) is 15.9. The topological polar surface area (TPSA) is 107 Å². The summed E-state index contributed by atoms with van der Waals surface area (Å²) in [5.41, 5.74) is 1.12. The third-order valence-corrected chi connectivity index (χ3v) is 5.62. The van der Waals surface area contributed by atoms with E-state index in [1.54, 1.807) is 25.3 Å². The lowest BCUT2D eigenvalue weighted by atomic mass is 9.89. The van der Waals surface area contributed by atoms with Gasteiger partial charge in [0.1, 0.15) is 6.61 Å². The molecule has 35 heavy (non-hydrogen) atoms. The number of aromatic nitrogens is 1. The molecule has 0 bridgehead atoms. The standard InChI is InChI=1S/C24H29F3N6O2/c1-17(33-35-15-19-7-10-21(11-8-19)24(25,26)27)20-9-12-23(29-14-20)34-16-22(31-28)32-30-13-18-5-3-2-4-6-18/h7-12,14,18H,2-6,13,15-16,28H2,1H3/b31-22?,32-30?,33-17+. The maximum Gasteiger partial charge on any atom is 0.416 e. The highest BCUT2D eigenvalue weighted by Crippen LogP contribution is 2.29. The van der Waals surface area contributed by atoms with E-state index in [-0.39, 0.29) is 19.0 Å². The molecular formula is C24H29F3N6O2. The molecule has 1 fully saturated rings. The molecule has 3 rings (SSSR count). The quantitative estimate of drug-likeness (QED) is 0.159. The second-order valence-corrected chi connectivity index (χ2v) is 8.29. The third-order valence-electron chi connectivity index (χ3n) is 5.62. The second-order valence-electron chi connectivity index (χ2n) is 8.29. The second kappa shape index (κ2) is 12.8. The third kappa shape index (κ3) is 8.66. The number of benzene rings is 1. The number of ether oxygens (including phenoxy) is 1. The average molecular weight is 491 g/mol. The molecule has 1 aromatic heterocycles. The van der Waals surface area contributed by atoms with Crippen LogP contribution in [0.25, 0.3) is 0 Å². The van der Waals surface area contributed by atoms with Crippen molar-refractivity contribution in [1.29, 1.82) is 0 Å². The molecule has 1 aromatic carbocycles. The first kappa shape index (κ1) is 26.1. The summed E-state index contributed by atoms with van der Waals surface area (Å²) >= 11 is 0. The Balaban J connectivity index is 1.44. The molecule has 1 saturated carbocycles. The summed E-state index contributed by atoms with van der Waals surface area (Å²) < 4.78 is 43.5. The van der Waals surface area contributed by atoms with Gasteiger partial charge in [0.25, 0.3) is 0 Å². The van der Waals surface area contributed by atoms with Gasteiger partial charge in [0.15, 0.2) is 6.61 Å². The number of rotatable bonds is 9. The largest absolute Gasteiger partial charge is 0.469 e. The number of halogens is 3. The summed E-state index contributed by atoms with van der Waals surface area (Å²) in [7, 11) is 0. The number of alkyl halides is 3. The summed E-state index contributed by atoms with van der Waals surface area (Å²) in [6, 6.07) is 8.16. The number of hydrazone groups is 1. The lowest BCUT2D eigenvalue weighted by Crippen LogP contribution is -2.13. The Bertz CT molecular complexity index is 1020. The van der Waals surface area contributed by atoms with Gasteiger partial charge in [0.05, 0.1) is 17.8 Å². The minimum absolute atomic E-state index is 0.0420. The minimum atomic E-state index is -4.37. The Morgan fingerprint density at radius 2 is 1.83 bits per heavy atom. The van der Waals surface area contributed by atoms with Crippen LogP contribution < -0.4 is 10.6 Å². The number of hydrogen-bond donors (Lipinski definition) is 1. The monoisotopic (exact) mass is 490 g/mol. The van der Waals surface area contributed by atoms with Gasteiger partial charge in [0, 0.05) is 17.8 Å². The van der Waals surface area contributed by atoms with Crippen LogP contribution in [0.4, 0.5) is 13.2 Å². The molecule has 1 aliphatic rings. The first-order valence-electron chi connectivity index (χ1n) is 11.4. The first-order valence-corrected chi connectivity index (χ1v) is 11.4. The molecule has 8 nitrogen and oxygen atoms in total. The SMILES string of the molecule is C/C(=N\OCc1ccc(C(F)(F)F)cc1)c1ccc(OCC(N=NCC2CCCCC2)=NN)nc1. The van der Waals surface area contributed by atoms with E-state index in [1.165, 1.54) is 44.2 Å². The van der Waals surface area contributed by atoms with E-state index >= 15 is 0 Å². The molecule has 0 aliphatic heterocycles. The highest BCUT2D eigenvalue weighted by Gasteiger charge is 2.29. The van der Waals surface area contributed by atoms with Crippen molar-refractivity contribution in [1.82, 2.24) is 4.98 Å². The van der Waals surface area contributed by atoms with Crippen LogP contribution >= 0.6 is 0 Å². The van der Waals surface area contributed by atoms with Gasteiger partial charge in [-0.05, 0) is 49.4 Å². The lowest BCUT2D eigenvalue weighted by Gasteiger charge is -2.18. The normalized spacial score (nSPS) is 16.0. The molecule has 1 aliphatic carbocycles. The molecule has 0 amide bonds. The van der Waals surface area contributed by atoms with Crippen LogP contribution in [0, 0.1) is 5.92 Å². The first-order chi connectivity index (χ1) is 16.8. The Hall–Kier alpha value is -3.50. The number of nitrogens with zero attached hydrogens (tertiary/aromatic N) is 5. The predicted octanol–water partition coefficient (Wildman–Crippen LogP) is 5.72. The van der Waals surface area contributed by atoms with Gasteiger partial charge in [0.2, 0.25) is 11.7 Å². The fraction of sp³-hybridized carbons (Fsp3) is 0.458. The van der Waals surface area contributed by atoms with Crippen molar-refractivity contribution in [3.8, 4) is 5.88 Å². The van der Waals surface area contributed by atoms with Crippen LogP contribution in [-0.4, -0.2) is 29.7 Å². The van der Waals surface area contributed by atoms with Crippen molar-refractivity contribution in [2.75, 3.05) is 13.2 Å². The summed E-state index contributed by atoms with van der Waals surface area (Å²) in [6.45, 7) is 2.49. The van der Waals surface area contributed by atoms with Crippen LogP contribution in [0.3, 0.4) is 0 Å². The zero-order chi connectivity index (χ0) is 25.1. The van der Waals surface area contributed by atoms with Crippen LogP contribution in [0.1, 0.15) is 55.7 Å². The van der Waals surface area contributed by atoms with E-state index < -0.39 is 11.7 Å². The molecular weight excluding hydrogens is 461 g/mol. The van der Waals surface area contributed by atoms with Crippen LogP contribution in [0.15, 0.2) is 63.1 Å². The average Bonchev–Trinajstić information content (AvgIpc) is 2.86. The number of azo groups is 1. The molecule has 0 spiro atoms. The number of oxime groups is 1. The number of pyridine rings is 1. The van der Waals surface area contributed by atoms with Gasteiger partial charge in [-0.1, -0.05) is 36.6 Å². The predicted molar refractivity (Wildman–Crippen MR) is 126 cm³/mol. The van der Waals surface area contributed by atoms with Crippen molar-refractivity contribution >= 4 is 11.5 Å². The van der Waals surface area contributed by atoms with E-state index in [0.717, 1.165) is 12.1 Å². The zero-order valence-electron chi connectivity index (χ0n) is 19.5. The molecule has 2 aromatic rings. The van der Waals surface area contributed by atoms with Gasteiger partial charge in [-0.2, -0.15) is 23.4 Å². The Labute approximate surface area is 202 Å². The van der Waals surface area contributed by atoms with E-state index in [2.05, 4.69) is 25.5 Å². The highest BCUT2D eigenvalue weighted by atomic mass is 19.4. The number of hydrogen-bond acceptors (Lipinski definition) is 7. The van der Waals surface area contributed by atoms with E-state index in [1.807, 2.05) is 0 Å². The lowest BCUT2D eigenvalue weighted by molar-refractivity contribution is -0.137. The van der Waals surface area contributed by atoms with E-state index in [0.29, 0.717) is 35.2 Å². The number of nitrogens with two attached hydrogens (primary N) is 1. The molecule has 0 saturated heterocycles. The summed E-state index contributed by atoms with van der Waals surface area (Å²) in [4.78, 5) is 9.49. The van der Waals surface area contributed by atoms with Crippen molar-refractivity contribution in [3.05, 3.63) is 59.3 Å². The minimum Gasteiger partial charge on any atom is -0.469 e. The smallest absolute Gasteiger partial charge is 0.416 e. The van der Waals surface area contributed by atoms with Crippen molar-refractivity contribution < 1.29 is 22.7 Å². The maximum atomic E-state index is 12.6. The molecule has 0 atom stereocenters. The summed E-state index contributed by atoms with van der Waals surface area (Å²) in [6.07, 6.45) is 3.36. The Kier molecular flexibility index (Phi) is 9.56. The van der Waals surface area contributed by atoms with Crippen LogP contribution in [0.2, 0.25) is 0 Å². The maximum absolute atomic E-state index is 12.6. The van der Waals surface area contributed by atoms with Gasteiger partial charge in [-0.3, -0.25) is 0 Å². The molecule has 0 radical (unpaired) electrons. The molecule has 11 heteroatoms. The molecule has 188 valence electrons. The number of amidine groups is 1. The van der Waals surface area contributed by atoms with Crippen LogP contribution in [-0.2, 0) is 17.6 Å². The van der Waals surface area contributed by atoms with Gasteiger partial charge < -0.3 is 15.4 Å². The molecule has 0 unspecified atom stereocenters. The van der Waals surface area contributed by atoms with E-state index in [9.17, 15) is 13.2 Å². The van der Waals surface area contributed by atoms with Crippen molar-refractivity contribution in [2.45, 2.75) is 51.8 Å². The van der Waals surface area contributed by atoms with Crippen molar-refractivity contribution in [3.63, 3.8) is 0 Å². The Morgan fingerprint density at radius 1 is 1.09 bits per heavy atom. The molecule has 2 N–H and O–H groups in total.